The summed E-state index contributed by atoms with van der Waals surface area (Å²) in [5, 5.41) is 4.75. The third-order valence-corrected chi connectivity index (χ3v) is 8.29. The fourth-order valence-corrected chi connectivity index (χ4v) is 6.45. The first-order chi connectivity index (χ1) is 16.5. The molecule has 0 aliphatic carbocycles. The van der Waals surface area contributed by atoms with Gasteiger partial charge in [-0.05, 0) is 49.4 Å². The van der Waals surface area contributed by atoms with E-state index in [1.165, 1.54) is 35.2 Å². The molecule has 3 heterocycles. The molecule has 1 aliphatic heterocycles. The van der Waals surface area contributed by atoms with E-state index in [9.17, 15) is 9.18 Å². The van der Waals surface area contributed by atoms with Crippen molar-refractivity contribution in [2.45, 2.75) is 18.4 Å². The summed E-state index contributed by atoms with van der Waals surface area (Å²) in [6.07, 6.45) is 5.43. The Morgan fingerprint density at radius 1 is 1.18 bits per heavy atom. The summed E-state index contributed by atoms with van der Waals surface area (Å²) >= 11 is 9.17. The van der Waals surface area contributed by atoms with Crippen LogP contribution < -0.4 is 25.0 Å². The van der Waals surface area contributed by atoms with Crippen LogP contribution in [0.4, 0.5) is 21.5 Å². The lowest BCUT2D eigenvalue weighted by molar-refractivity contribution is 0.624. The molecule has 0 radical (unpaired) electrons. The largest absolute Gasteiger partial charge is 0.353 e. The summed E-state index contributed by atoms with van der Waals surface area (Å²) in [4.78, 5) is 20.4. The van der Waals surface area contributed by atoms with E-state index < -0.39 is 0 Å². The van der Waals surface area contributed by atoms with Crippen molar-refractivity contribution < 1.29 is 4.39 Å². The summed E-state index contributed by atoms with van der Waals surface area (Å²) in [7, 11) is 1.90. The van der Waals surface area contributed by atoms with Crippen molar-refractivity contribution in [1.29, 1.82) is 0 Å². The Bertz CT molecular complexity index is 1580. The van der Waals surface area contributed by atoms with E-state index in [0.717, 1.165) is 37.2 Å². The smallest absolute Gasteiger partial charge is 0.271 e. The monoisotopic (exact) mass is 510 g/mol. The molecule has 1 aliphatic rings. The third-order valence-electron chi connectivity index (χ3n) is 5.49. The minimum atomic E-state index is -0.289. The van der Waals surface area contributed by atoms with Crippen LogP contribution in [0.5, 0.6) is 0 Å². The predicted octanol–water partition coefficient (Wildman–Crippen LogP) is 5.00. The van der Waals surface area contributed by atoms with Crippen molar-refractivity contribution in [2.75, 3.05) is 17.3 Å². The normalized spacial score (nSPS) is 15.1. The highest BCUT2D eigenvalue weighted by Crippen LogP contribution is 2.45. The van der Waals surface area contributed by atoms with Gasteiger partial charge in [0.25, 0.3) is 5.56 Å². The molecule has 34 heavy (non-hydrogen) atoms. The quantitative estimate of drug-likeness (QED) is 0.419. The Hall–Kier alpha value is -3.07. The predicted molar refractivity (Wildman–Crippen MR) is 140 cm³/mol. The second-order valence-corrected chi connectivity index (χ2v) is 10.1. The van der Waals surface area contributed by atoms with E-state index in [4.69, 9.17) is 11.6 Å². The maximum absolute atomic E-state index is 13.8. The van der Waals surface area contributed by atoms with Gasteiger partial charge < -0.3 is 10.2 Å². The van der Waals surface area contributed by atoms with Crippen molar-refractivity contribution in [1.82, 2.24) is 9.55 Å². The maximum Gasteiger partial charge on any atom is 0.271 e. The minimum absolute atomic E-state index is 0.0592. The van der Waals surface area contributed by atoms with Crippen LogP contribution in [0.1, 0.15) is 12.5 Å². The van der Waals surface area contributed by atoms with Gasteiger partial charge in [0.15, 0.2) is 0 Å². The fourth-order valence-electron chi connectivity index (χ4n) is 3.77. The number of para-hydroxylation sites is 1. The van der Waals surface area contributed by atoms with Gasteiger partial charge in [0.05, 0.1) is 32.9 Å². The Labute approximate surface area is 208 Å². The highest BCUT2D eigenvalue weighted by atomic mass is 35.5. The zero-order valence-corrected chi connectivity index (χ0v) is 20.8. The zero-order chi connectivity index (χ0) is 23.8. The van der Waals surface area contributed by atoms with Gasteiger partial charge in [-0.15, -0.1) is 11.3 Å². The number of nitrogens with zero attached hydrogens (tertiary/aromatic N) is 3. The second-order valence-electron chi connectivity index (χ2n) is 7.61. The molecule has 5 rings (SSSR count). The molecule has 2 aromatic heterocycles. The summed E-state index contributed by atoms with van der Waals surface area (Å²) in [5.41, 5.74) is 3.27. The van der Waals surface area contributed by atoms with Crippen LogP contribution in [0.2, 0.25) is 5.02 Å². The summed E-state index contributed by atoms with van der Waals surface area (Å²) in [5.74, 6) is -0.289. The average molecular weight is 511 g/mol. The lowest BCUT2D eigenvalue weighted by Gasteiger charge is -2.12. The first kappa shape index (κ1) is 22.7. The van der Waals surface area contributed by atoms with Crippen molar-refractivity contribution >= 4 is 62.9 Å². The van der Waals surface area contributed by atoms with Crippen molar-refractivity contribution in [2.24, 2.45) is 0 Å². The van der Waals surface area contributed by atoms with Gasteiger partial charge >= 0.3 is 0 Å². The summed E-state index contributed by atoms with van der Waals surface area (Å²) in [6, 6.07) is 14.1. The fraction of sp³-hybridized carbons (Fsp3) is 0.120. The van der Waals surface area contributed by atoms with E-state index in [1.807, 2.05) is 55.3 Å². The van der Waals surface area contributed by atoms with Gasteiger partial charge in [-0.3, -0.25) is 14.3 Å². The molecule has 2 aromatic carbocycles. The number of halogens is 2. The van der Waals surface area contributed by atoms with E-state index in [2.05, 4.69) is 10.3 Å². The van der Waals surface area contributed by atoms with Crippen LogP contribution >= 0.6 is 34.7 Å². The number of nitrogens with one attached hydrogen (secondary N) is 1. The molecule has 4 aromatic rings. The minimum Gasteiger partial charge on any atom is -0.353 e. The average Bonchev–Trinajstić information content (AvgIpc) is 3.31. The first-order valence-electron chi connectivity index (χ1n) is 10.6. The molecule has 9 heteroatoms. The Morgan fingerprint density at radius 3 is 2.79 bits per heavy atom. The molecule has 0 saturated carbocycles. The van der Waals surface area contributed by atoms with Gasteiger partial charge in [-0.1, -0.05) is 35.5 Å². The molecule has 172 valence electrons. The highest BCUT2D eigenvalue weighted by Gasteiger charge is 2.25. The molecular weight excluding hydrogens is 491 g/mol. The number of aromatic nitrogens is 2. The summed E-state index contributed by atoms with van der Waals surface area (Å²) < 4.78 is 17.0. The Balaban J connectivity index is 1.63. The van der Waals surface area contributed by atoms with Crippen LogP contribution in [-0.2, 0) is 6.54 Å². The molecule has 1 N–H and O–H groups in total. The number of rotatable bonds is 4. The highest BCUT2D eigenvalue weighted by molar-refractivity contribution is 8.08. The number of thiazole rings is 1. The molecule has 5 nitrogen and oxygen atoms in total. The van der Waals surface area contributed by atoms with Crippen LogP contribution in [0.15, 0.2) is 70.6 Å². The number of hydrogen-bond acceptors (Lipinski definition) is 6. The number of pyridine rings is 1. The molecule has 0 amide bonds. The van der Waals surface area contributed by atoms with Gasteiger partial charge in [0.2, 0.25) is 0 Å². The molecule has 0 atom stereocenters. The van der Waals surface area contributed by atoms with Gasteiger partial charge in [-0.2, -0.15) is 0 Å². The van der Waals surface area contributed by atoms with E-state index in [0.29, 0.717) is 16.1 Å². The third kappa shape index (κ3) is 4.13. The van der Waals surface area contributed by atoms with Gasteiger partial charge in [0.1, 0.15) is 15.4 Å². The number of benzene rings is 2. The van der Waals surface area contributed by atoms with Crippen LogP contribution in [-0.4, -0.2) is 16.6 Å². The Kier molecular flexibility index (Phi) is 6.20. The van der Waals surface area contributed by atoms with Crippen molar-refractivity contribution in [3.63, 3.8) is 0 Å². The Morgan fingerprint density at radius 2 is 2.00 bits per heavy atom. The van der Waals surface area contributed by atoms with Crippen LogP contribution in [0.25, 0.3) is 11.1 Å². The molecule has 0 bridgehead atoms. The van der Waals surface area contributed by atoms with E-state index in [-0.39, 0.29) is 11.4 Å². The summed E-state index contributed by atoms with van der Waals surface area (Å²) in [6.45, 7) is 2.48. The molecule has 0 unspecified atom stereocenters. The van der Waals surface area contributed by atoms with Crippen LogP contribution in [0.3, 0.4) is 0 Å². The lowest BCUT2D eigenvalue weighted by Crippen LogP contribution is -2.33. The zero-order valence-electron chi connectivity index (χ0n) is 18.4. The lowest BCUT2D eigenvalue weighted by atomic mass is 10.2. The van der Waals surface area contributed by atoms with Crippen molar-refractivity contribution in [3.8, 4) is 0 Å². The number of thioether (sulfide) groups is 1. The molecule has 0 saturated heterocycles. The number of hydrogen-bond donors (Lipinski definition) is 1. The van der Waals surface area contributed by atoms with Gasteiger partial charge in [-0.25, -0.2) is 4.39 Å². The van der Waals surface area contributed by atoms with Crippen molar-refractivity contribution in [3.05, 3.63) is 96.9 Å². The SMILES string of the molecule is CCn1c(=O)/c(=C2\Sc3cc(F)ccc3N2C)s/c1=C\c1ccncc1Nc1ccccc1Cl. The second kappa shape index (κ2) is 9.29. The standard InChI is InChI=1S/C25H20ClFN4OS2/c1-3-31-22(12-15-10-11-28-14-19(15)29-18-7-5-4-6-17(18)26)34-23(24(31)32)25-30(2)20-9-8-16(27)13-21(20)33-25/h4-14,29H,3H2,1-2H3/b22-12-,25-23+. The molecule has 0 fully saturated rings. The van der Waals surface area contributed by atoms with E-state index >= 15 is 0 Å². The number of fused-ring (bicyclic) bond motifs is 1. The molecular formula is C25H20ClFN4OS2. The molecule has 0 spiro atoms. The topological polar surface area (TPSA) is 50.2 Å². The first-order valence-corrected chi connectivity index (χ1v) is 12.6. The maximum atomic E-state index is 13.8. The number of anilines is 3. The van der Waals surface area contributed by atoms with Crippen LogP contribution in [0, 0.1) is 5.82 Å². The van der Waals surface area contributed by atoms with Gasteiger partial charge in [0, 0.05) is 30.2 Å². The van der Waals surface area contributed by atoms with E-state index in [1.54, 1.807) is 23.0 Å².